The average Bonchev–Trinajstić information content (AvgIpc) is 2.59. The van der Waals surface area contributed by atoms with Gasteiger partial charge in [-0.2, -0.15) is 5.26 Å². The van der Waals surface area contributed by atoms with Crippen molar-refractivity contribution >= 4 is 0 Å². The Bertz CT molecular complexity index is 246. The summed E-state index contributed by atoms with van der Waals surface area (Å²) in [6.07, 6.45) is 4.87. The van der Waals surface area contributed by atoms with E-state index in [4.69, 9.17) is 5.26 Å². The van der Waals surface area contributed by atoms with Gasteiger partial charge in [-0.1, -0.05) is 6.92 Å². The van der Waals surface area contributed by atoms with E-state index in [1.807, 2.05) is 0 Å². The molecule has 3 nitrogen and oxygen atoms in total. The summed E-state index contributed by atoms with van der Waals surface area (Å²) >= 11 is 0. The molecule has 2 aliphatic rings. The summed E-state index contributed by atoms with van der Waals surface area (Å²) < 4.78 is 0. The van der Waals surface area contributed by atoms with Crippen molar-refractivity contribution in [3.8, 4) is 6.07 Å². The van der Waals surface area contributed by atoms with Crippen LogP contribution >= 0.6 is 0 Å². The van der Waals surface area contributed by atoms with Crippen LogP contribution in [0.15, 0.2) is 0 Å². The second-order valence-corrected chi connectivity index (χ2v) is 4.73. The Balaban J connectivity index is 1.99. The lowest BCUT2D eigenvalue weighted by Crippen LogP contribution is -2.41. The second kappa shape index (κ2) is 4.96. The van der Waals surface area contributed by atoms with Gasteiger partial charge in [-0.05, 0) is 38.8 Å². The Morgan fingerprint density at radius 1 is 1.33 bits per heavy atom. The number of rotatable bonds is 2. The van der Waals surface area contributed by atoms with Crippen molar-refractivity contribution in [3.63, 3.8) is 0 Å². The summed E-state index contributed by atoms with van der Waals surface area (Å²) in [5, 5.41) is 9.11. The zero-order valence-corrected chi connectivity index (χ0v) is 9.65. The van der Waals surface area contributed by atoms with Crippen molar-refractivity contribution in [2.75, 3.05) is 26.2 Å². The van der Waals surface area contributed by atoms with Crippen LogP contribution < -0.4 is 0 Å². The van der Waals surface area contributed by atoms with Gasteiger partial charge in [0.05, 0.1) is 12.1 Å². The fourth-order valence-electron chi connectivity index (χ4n) is 2.95. The van der Waals surface area contributed by atoms with Gasteiger partial charge in [0.25, 0.3) is 0 Å². The molecule has 2 saturated heterocycles. The summed E-state index contributed by atoms with van der Waals surface area (Å²) in [6.45, 7) is 6.86. The van der Waals surface area contributed by atoms with Gasteiger partial charge >= 0.3 is 0 Å². The molecule has 2 aliphatic heterocycles. The first-order valence-electron chi connectivity index (χ1n) is 6.23. The highest BCUT2D eigenvalue weighted by atomic mass is 15.3. The third-order valence-electron chi connectivity index (χ3n) is 3.81. The Morgan fingerprint density at radius 3 is 2.87 bits per heavy atom. The van der Waals surface area contributed by atoms with Crippen molar-refractivity contribution in [2.24, 2.45) is 0 Å². The molecule has 84 valence electrons. The summed E-state index contributed by atoms with van der Waals surface area (Å²) in [5.74, 6) is 0. The van der Waals surface area contributed by atoms with E-state index in [1.54, 1.807) is 0 Å². The highest BCUT2D eigenvalue weighted by Gasteiger charge is 2.30. The van der Waals surface area contributed by atoms with Crippen LogP contribution in [0.1, 0.15) is 32.6 Å². The molecule has 0 aliphatic carbocycles. The Labute approximate surface area is 92.7 Å². The van der Waals surface area contributed by atoms with Crippen LogP contribution in [-0.2, 0) is 0 Å². The SMILES string of the molecule is CCC(C#N)N1CCCN2CCCC2C1. The molecule has 2 fully saturated rings. The first kappa shape index (κ1) is 10.9. The van der Waals surface area contributed by atoms with Gasteiger partial charge in [0.2, 0.25) is 0 Å². The molecule has 0 aromatic rings. The van der Waals surface area contributed by atoms with Crippen molar-refractivity contribution in [2.45, 2.75) is 44.7 Å². The zero-order chi connectivity index (χ0) is 10.7. The van der Waals surface area contributed by atoms with E-state index in [-0.39, 0.29) is 6.04 Å². The van der Waals surface area contributed by atoms with Gasteiger partial charge in [-0.15, -0.1) is 0 Å². The van der Waals surface area contributed by atoms with E-state index in [1.165, 1.54) is 32.4 Å². The van der Waals surface area contributed by atoms with Crippen LogP contribution in [-0.4, -0.2) is 48.1 Å². The molecule has 2 unspecified atom stereocenters. The standard InChI is InChI=1S/C12H21N3/c1-2-11(9-13)15-8-4-7-14-6-3-5-12(14)10-15/h11-12H,2-8,10H2,1H3. The maximum atomic E-state index is 9.11. The summed E-state index contributed by atoms with van der Waals surface area (Å²) in [6, 6.07) is 3.31. The van der Waals surface area contributed by atoms with Gasteiger partial charge < -0.3 is 0 Å². The molecule has 2 atom stereocenters. The van der Waals surface area contributed by atoms with E-state index < -0.39 is 0 Å². The summed E-state index contributed by atoms with van der Waals surface area (Å²) in [7, 11) is 0. The average molecular weight is 207 g/mol. The fourth-order valence-corrected chi connectivity index (χ4v) is 2.95. The minimum atomic E-state index is 0.144. The van der Waals surface area contributed by atoms with Crippen LogP contribution in [0.25, 0.3) is 0 Å². The van der Waals surface area contributed by atoms with Crippen molar-refractivity contribution in [1.82, 2.24) is 9.80 Å². The van der Waals surface area contributed by atoms with Crippen LogP contribution in [0.3, 0.4) is 0 Å². The molecule has 15 heavy (non-hydrogen) atoms. The van der Waals surface area contributed by atoms with Crippen molar-refractivity contribution in [1.29, 1.82) is 5.26 Å². The lowest BCUT2D eigenvalue weighted by molar-refractivity contribution is 0.195. The van der Waals surface area contributed by atoms with E-state index in [2.05, 4.69) is 22.8 Å². The predicted octanol–water partition coefficient (Wildman–Crippen LogP) is 1.46. The highest BCUT2D eigenvalue weighted by Crippen LogP contribution is 2.22. The number of nitriles is 1. The van der Waals surface area contributed by atoms with Crippen LogP contribution in [0.5, 0.6) is 0 Å². The summed E-state index contributed by atoms with van der Waals surface area (Å²) in [5.41, 5.74) is 0. The van der Waals surface area contributed by atoms with E-state index in [0.29, 0.717) is 0 Å². The molecule has 0 N–H and O–H groups in total. The largest absolute Gasteiger partial charge is 0.299 e. The fraction of sp³-hybridized carbons (Fsp3) is 0.917. The molecule has 0 bridgehead atoms. The zero-order valence-electron chi connectivity index (χ0n) is 9.65. The van der Waals surface area contributed by atoms with Gasteiger partial charge in [0.15, 0.2) is 0 Å². The molecule has 0 aromatic carbocycles. The molecule has 0 saturated carbocycles. The lowest BCUT2D eigenvalue weighted by atomic mass is 10.1. The molecule has 2 heterocycles. The normalized spacial score (nSPS) is 30.5. The van der Waals surface area contributed by atoms with Crippen LogP contribution in [0.4, 0.5) is 0 Å². The van der Waals surface area contributed by atoms with Crippen LogP contribution in [0, 0.1) is 11.3 Å². The molecule has 2 rings (SSSR count). The number of hydrogen-bond acceptors (Lipinski definition) is 3. The monoisotopic (exact) mass is 207 g/mol. The number of nitrogens with zero attached hydrogens (tertiary/aromatic N) is 3. The quantitative estimate of drug-likeness (QED) is 0.686. The van der Waals surface area contributed by atoms with Gasteiger partial charge in [-0.3, -0.25) is 9.80 Å². The maximum absolute atomic E-state index is 9.11. The molecule has 0 spiro atoms. The molecular weight excluding hydrogens is 186 g/mol. The van der Waals surface area contributed by atoms with Crippen LogP contribution in [0.2, 0.25) is 0 Å². The molecule has 0 radical (unpaired) electrons. The van der Waals surface area contributed by atoms with Crippen molar-refractivity contribution in [3.05, 3.63) is 0 Å². The van der Waals surface area contributed by atoms with E-state index in [0.717, 1.165) is 25.6 Å². The first-order valence-corrected chi connectivity index (χ1v) is 6.23. The first-order chi connectivity index (χ1) is 7.35. The minimum Gasteiger partial charge on any atom is -0.299 e. The van der Waals surface area contributed by atoms with E-state index in [9.17, 15) is 0 Å². The number of fused-ring (bicyclic) bond motifs is 1. The minimum absolute atomic E-state index is 0.144. The Hall–Kier alpha value is -0.590. The smallest absolute Gasteiger partial charge is 0.0975 e. The molecule has 3 heteroatoms. The molecular formula is C12H21N3. The molecule has 0 aromatic heterocycles. The maximum Gasteiger partial charge on any atom is 0.0975 e. The predicted molar refractivity (Wildman–Crippen MR) is 60.5 cm³/mol. The van der Waals surface area contributed by atoms with Gasteiger partial charge in [0, 0.05) is 19.1 Å². The Kier molecular flexibility index (Phi) is 3.61. The molecule has 0 amide bonds. The topological polar surface area (TPSA) is 30.3 Å². The third kappa shape index (κ3) is 2.32. The Morgan fingerprint density at radius 2 is 2.13 bits per heavy atom. The van der Waals surface area contributed by atoms with Crippen molar-refractivity contribution < 1.29 is 0 Å². The van der Waals surface area contributed by atoms with Gasteiger partial charge in [0.1, 0.15) is 0 Å². The summed E-state index contributed by atoms with van der Waals surface area (Å²) in [4.78, 5) is 5.01. The highest BCUT2D eigenvalue weighted by molar-refractivity contribution is 4.95. The van der Waals surface area contributed by atoms with Gasteiger partial charge in [-0.25, -0.2) is 0 Å². The second-order valence-electron chi connectivity index (χ2n) is 4.73. The number of hydrogen-bond donors (Lipinski definition) is 0. The third-order valence-corrected chi connectivity index (χ3v) is 3.81. The lowest BCUT2D eigenvalue weighted by Gasteiger charge is -2.28. The van der Waals surface area contributed by atoms with E-state index >= 15 is 0 Å².